The van der Waals surface area contributed by atoms with Gasteiger partial charge < -0.3 is 15.4 Å². The van der Waals surface area contributed by atoms with Crippen molar-refractivity contribution in [3.63, 3.8) is 0 Å². The van der Waals surface area contributed by atoms with E-state index in [1.807, 2.05) is 6.92 Å². The summed E-state index contributed by atoms with van der Waals surface area (Å²) in [7, 11) is 0. The third kappa shape index (κ3) is 3.94. The second kappa shape index (κ2) is 6.54. The van der Waals surface area contributed by atoms with E-state index < -0.39 is 0 Å². The second-order valence-electron chi connectivity index (χ2n) is 4.80. The van der Waals surface area contributed by atoms with Crippen molar-refractivity contribution in [2.75, 3.05) is 23.8 Å². The van der Waals surface area contributed by atoms with Crippen LogP contribution in [0.1, 0.15) is 40.0 Å². The van der Waals surface area contributed by atoms with E-state index in [0.717, 1.165) is 18.9 Å². The normalized spacial score (nSPS) is 21.0. The van der Waals surface area contributed by atoms with Crippen LogP contribution >= 0.6 is 0 Å². The molecule has 1 aromatic rings. The Morgan fingerprint density at radius 3 is 2.58 bits per heavy atom. The molecule has 1 heterocycles. The Morgan fingerprint density at radius 1 is 1.16 bits per heavy atom. The second-order valence-corrected chi connectivity index (χ2v) is 4.80. The zero-order valence-electron chi connectivity index (χ0n) is 11.9. The number of rotatable bonds is 8. The van der Waals surface area contributed by atoms with Gasteiger partial charge in [-0.15, -0.1) is 0 Å². The van der Waals surface area contributed by atoms with Gasteiger partial charge in [-0.25, -0.2) is 0 Å². The molecule has 0 amide bonds. The molecule has 1 aromatic heterocycles. The van der Waals surface area contributed by atoms with Crippen molar-refractivity contribution in [2.24, 2.45) is 5.92 Å². The minimum atomic E-state index is 0.393. The summed E-state index contributed by atoms with van der Waals surface area (Å²) >= 11 is 0. The number of aromatic nitrogens is 3. The first-order valence-electron chi connectivity index (χ1n) is 7.16. The zero-order valence-corrected chi connectivity index (χ0v) is 11.9. The molecule has 0 saturated heterocycles. The van der Waals surface area contributed by atoms with Gasteiger partial charge >= 0.3 is 6.01 Å². The highest BCUT2D eigenvalue weighted by Crippen LogP contribution is 2.35. The van der Waals surface area contributed by atoms with Crippen LogP contribution in [0, 0.1) is 5.92 Å². The van der Waals surface area contributed by atoms with Crippen molar-refractivity contribution in [2.45, 2.75) is 46.1 Å². The minimum absolute atomic E-state index is 0.393. The first kappa shape index (κ1) is 13.8. The number of hydrogen-bond donors (Lipinski definition) is 2. The van der Waals surface area contributed by atoms with Gasteiger partial charge in [0.2, 0.25) is 11.9 Å². The molecule has 2 rings (SSSR count). The van der Waals surface area contributed by atoms with Gasteiger partial charge in [-0.3, -0.25) is 0 Å². The summed E-state index contributed by atoms with van der Waals surface area (Å²) in [5.74, 6) is 1.93. The molecule has 2 N–H and O–H groups in total. The molecule has 0 aliphatic heterocycles. The van der Waals surface area contributed by atoms with E-state index in [0.29, 0.717) is 30.6 Å². The Bertz CT molecular complexity index is 412. The Balaban J connectivity index is 2.05. The Morgan fingerprint density at radius 2 is 1.95 bits per heavy atom. The topological polar surface area (TPSA) is 72.0 Å². The molecule has 106 valence electrons. The van der Waals surface area contributed by atoms with Crippen LogP contribution in [0.5, 0.6) is 6.01 Å². The largest absolute Gasteiger partial charge is 0.463 e. The zero-order chi connectivity index (χ0) is 13.7. The predicted octanol–water partition coefficient (Wildman–Crippen LogP) is 2.30. The molecular formula is C13H23N5O. The van der Waals surface area contributed by atoms with Crippen LogP contribution in [0.3, 0.4) is 0 Å². The maximum absolute atomic E-state index is 5.50. The van der Waals surface area contributed by atoms with Gasteiger partial charge in [-0.1, -0.05) is 20.3 Å². The molecular weight excluding hydrogens is 242 g/mol. The highest BCUT2D eigenvalue weighted by Gasteiger charge is 2.35. The average molecular weight is 265 g/mol. The summed E-state index contributed by atoms with van der Waals surface area (Å²) in [4.78, 5) is 12.9. The Kier molecular flexibility index (Phi) is 4.76. The maximum Gasteiger partial charge on any atom is 0.323 e. The van der Waals surface area contributed by atoms with Crippen LogP contribution in [-0.2, 0) is 0 Å². The number of hydrogen-bond acceptors (Lipinski definition) is 6. The third-order valence-electron chi connectivity index (χ3n) is 3.15. The summed E-state index contributed by atoms with van der Waals surface area (Å²) in [5.41, 5.74) is 0. The Labute approximate surface area is 114 Å². The van der Waals surface area contributed by atoms with Gasteiger partial charge in [-0.05, 0) is 25.7 Å². The van der Waals surface area contributed by atoms with E-state index in [1.54, 1.807) is 0 Å². The summed E-state index contributed by atoms with van der Waals surface area (Å²) in [6.45, 7) is 7.67. The van der Waals surface area contributed by atoms with Gasteiger partial charge in [0.05, 0.1) is 6.61 Å². The van der Waals surface area contributed by atoms with Crippen LogP contribution in [-0.4, -0.2) is 34.1 Å². The molecule has 1 saturated carbocycles. The lowest BCUT2D eigenvalue weighted by Gasteiger charge is -2.09. The lowest BCUT2D eigenvalue weighted by Crippen LogP contribution is -2.13. The number of nitrogens with one attached hydrogen (secondary N) is 2. The first-order chi connectivity index (χ1) is 9.26. The van der Waals surface area contributed by atoms with E-state index in [2.05, 4.69) is 39.4 Å². The molecule has 2 unspecified atom stereocenters. The molecule has 6 nitrogen and oxygen atoms in total. The fourth-order valence-electron chi connectivity index (χ4n) is 1.96. The van der Waals surface area contributed by atoms with Gasteiger partial charge in [0.25, 0.3) is 0 Å². The molecule has 0 radical (unpaired) electrons. The molecule has 1 fully saturated rings. The molecule has 0 bridgehead atoms. The number of nitrogens with zero attached hydrogens (tertiary/aromatic N) is 3. The third-order valence-corrected chi connectivity index (χ3v) is 3.15. The maximum atomic E-state index is 5.50. The first-order valence-corrected chi connectivity index (χ1v) is 7.16. The van der Waals surface area contributed by atoms with Crippen molar-refractivity contribution in [1.82, 2.24) is 15.0 Å². The summed E-state index contributed by atoms with van der Waals surface area (Å²) in [6.07, 6.45) is 3.33. The van der Waals surface area contributed by atoms with Crippen LogP contribution in [0.2, 0.25) is 0 Å². The molecule has 2 atom stereocenters. The summed E-state index contributed by atoms with van der Waals surface area (Å²) in [6, 6.07) is 0.893. The molecule has 1 aliphatic carbocycles. The van der Waals surface area contributed by atoms with Crippen molar-refractivity contribution < 1.29 is 4.74 Å². The average Bonchev–Trinajstić information content (AvgIpc) is 3.15. The van der Waals surface area contributed by atoms with Crippen LogP contribution in [0.25, 0.3) is 0 Å². The van der Waals surface area contributed by atoms with E-state index in [4.69, 9.17) is 4.74 Å². The smallest absolute Gasteiger partial charge is 0.323 e. The fraction of sp³-hybridized carbons (Fsp3) is 0.769. The van der Waals surface area contributed by atoms with Gasteiger partial charge in [0.1, 0.15) is 0 Å². The SMILES string of the molecule is CCCOc1nc(NCC)nc(NC2CC2CC)n1. The van der Waals surface area contributed by atoms with Crippen molar-refractivity contribution in [1.29, 1.82) is 0 Å². The van der Waals surface area contributed by atoms with Gasteiger partial charge in [0, 0.05) is 12.6 Å². The summed E-state index contributed by atoms with van der Waals surface area (Å²) < 4.78 is 5.50. The lowest BCUT2D eigenvalue weighted by molar-refractivity contribution is 0.292. The summed E-state index contributed by atoms with van der Waals surface area (Å²) in [5, 5.41) is 6.45. The molecule has 1 aliphatic rings. The quantitative estimate of drug-likeness (QED) is 0.751. The predicted molar refractivity (Wildman–Crippen MR) is 75.6 cm³/mol. The van der Waals surface area contributed by atoms with Crippen LogP contribution < -0.4 is 15.4 Å². The van der Waals surface area contributed by atoms with Crippen LogP contribution in [0.4, 0.5) is 11.9 Å². The standard InChI is InChI=1S/C13H23N5O/c1-4-7-19-13-17-11(14-6-3)16-12(18-13)15-10-8-9(10)5-2/h9-10H,4-8H2,1-3H3,(H2,14,15,16,17,18). The van der Waals surface area contributed by atoms with Gasteiger partial charge in [0.15, 0.2) is 0 Å². The van der Waals surface area contributed by atoms with Crippen molar-refractivity contribution in [3.05, 3.63) is 0 Å². The van der Waals surface area contributed by atoms with E-state index in [-0.39, 0.29) is 0 Å². The molecule has 6 heteroatoms. The van der Waals surface area contributed by atoms with Crippen LogP contribution in [0.15, 0.2) is 0 Å². The fourth-order valence-corrected chi connectivity index (χ4v) is 1.96. The highest BCUT2D eigenvalue weighted by atomic mass is 16.5. The molecule has 19 heavy (non-hydrogen) atoms. The highest BCUT2D eigenvalue weighted by molar-refractivity contribution is 5.37. The number of ether oxygens (including phenoxy) is 1. The van der Waals surface area contributed by atoms with E-state index in [9.17, 15) is 0 Å². The monoisotopic (exact) mass is 265 g/mol. The van der Waals surface area contributed by atoms with Crippen molar-refractivity contribution in [3.8, 4) is 6.01 Å². The van der Waals surface area contributed by atoms with Crippen molar-refractivity contribution >= 4 is 11.9 Å². The van der Waals surface area contributed by atoms with E-state index >= 15 is 0 Å². The van der Waals surface area contributed by atoms with Gasteiger partial charge in [-0.2, -0.15) is 15.0 Å². The van der Waals surface area contributed by atoms with E-state index in [1.165, 1.54) is 12.8 Å². The Hall–Kier alpha value is -1.59. The lowest BCUT2D eigenvalue weighted by atomic mass is 10.3. The number of anilines is 2. The minimum Gasteiger partial charge on any atom is -0.463 e. The molecule has 0 aromatic carbocycles. The molecule has 0 spiro atoms.